The summed E-state index contributed by atoms with van der Waals surface area (Å²) in [4.78, 5) is 18.4. The predicted molar refractivity (Wildman–Crippen MR) is 97.9 cm³/mol. The van der Waals surface area contributed by atoms with Gasteiger partial charge in [0.1, 0.15) is 5.75 Å². The lowest BCUT2D eigenvalue weighted by atomic mass is 10.0. The van der Waals surface area contributed by atoms with Gasteiger partial charge in [0.05, 0.1) is 12.7 Å². The van der Waals surface area contributed by atoms with Crippen LogP contribution < -0.4 is 10.1 Å². The summed E-state index contributed by atoms with van der Waals surface area (Å²) in [6.07, 6.45) is 8.44. The number of benzene rings is 1. The van der Waals surface area contributed by atoms with Crippen LogP contribution in [0.4, 0.5) is 0 Å². The minimum Gasteiger partial charge on any atom is -0.497 e. The Morgan fingerprint density at radius 2 is 2.00 bits per heavy atom. The number of H-pyrrole nitrogens is 1. The van der Waals surface area contributed by atoms with Gasteiger partial charge < -0.3 is 19.9 Å². The second kappa shape index (κ2) is 6.92. The van der Waals surface area contributed by atoms with E-state index in [1.165, 1.54) is 12.8 Å². The number of carbonyl (C=O) groups is 1. The van der Waals surface area contributed by atoms with Crippen LogP contribution >= 0.6 is 0 Å². The third kappa shape index (κ3) is 3.56. The van der Waals surface area contributed by atoms with Crippen molar-refractivity contribution in [2.24, 2.45) is 0 Å². The quantitative estimate of drug-likeness (QED) is 0.880. The molecule has 5 nitrogen and oxygen atoms in total. The van der Waals surface area contributed by atoms with Crippen LogP contribution in [0.3, 0.4) is 0 Å². The first-order chi connectivity index (χ1) is 12.2. The normalized spacial score (nSPS) is 18.9. The van der Waals surface area contributed by atoms with Crippen LogP contribution in [0.25, 0.3) is 11.1 Å². The first-order valence-corrected chi connectivity index (χ1v) is 9.10. The molecule has 2 heterocycles. The Morgan fingerprint density at radius 3 is 2.72 bits per heavy atom. The fraction of sp³-hybridized carbons (Fsp3) is 0.450. The summed E-state index contributed by atoms with van der Waals surface area (Å²) in [6.45, 7) is 2.21. The van der Waals surface area contributed by atoms with Gasteiger partial charge in [0.2, 0.25) is 0 Å². The second-order valence-electron chi connectivity index (χ2n) is 7.03. The van der Waals surface area contributed by atoms with Gasteiger partial charge in [0, 0.05) is 43.1 Å². The van der Waals surface area contributed by atoms with Crippen molar-refractivity contribution in [1.29, 1.82) is 0 Å². The zero-order valence-corrected chi connectivity index (χ0v) is 14.6. The number of ether oxygens (including phenoxy) is 1. The Balaban J connectivity index is 1.43. The topological polar surface area (TPSA) is 57.4 Å². The van der Waals surface area contributed by atoms with Crippen LogP contribution in [0.15, 0.2) is 36.7 Å². The Morgan fingerprint density at radius 1 is 1.20 bits per heavy atom. The summed E-state index contributed by atoms with van der Waals surface area (Å²) in [5.74, 6) is 0.793. The molecule has 1 saturated carbocycles. The van der Waals surface area contributed by atoms with Crippen LogP contribution in [-0.2, 0) is 0 Å². The van der Waals surface area contributed by atoms with Crippen LogP contribution in [0.5, 0.6) is 5.75 Å². The lowest BCUT2D eigenvalue weighted by Gasteiger charge is -2.32. The fourth-order valence-corrected chi connectivity index (χ4v) is 3.69. The Bertz CT molecular complexity index is 743. The van der Waals surface area contributed by atoms with E-state index in [-0.39, 0.29) is 11.9 Å². The van der Waals surface area contributed by atoms with E-state index in [9.17, 15) is 4.79 Å². The van der Waals surface area contributed by atoms with Gasteiger partial charge in [-0.15, -0.1) is 0 Å². The Kier molecular flexibility index (Phi) is 4.49. The molecule has 2 fully saturated rings. The highest BCUT2D eigenvalue weighted by Gasteiger charge is 2.32. The highest BCUT2D eigenvalue weighted by atomic mass is 16.5. The van der Waals surface area contributed by atoms with Gasteiger partial charge in [-0.3, -0.25) is 4.79 Å². The lowest BCUT2D eigenvalue weighted by Crippen LogP contribution is -2.45. The number of aromatic amines is 1. The van der Waals surface area contributed by atoms with Crippen molar-refractivity contribution in [1.82, 2.24) is 15.2 Å². The average molecular weight is 339 g/mol. The Hall–Kier alpha value is -2.27. The van der Waals surface area contributed by atoms with E-state index in [2.05, 4.69) is 15.2 Å². The van der Waals surface area contributed by atoms with Crippen molar-refractivity contribution < 1.29 is 9.53 Å². The molecule has 1 aliphatic carbocycles. The van der Waals surface area contributed by atoms with Gasteiger partial charge in [-0.25, -0.2) is 0 Å². The molecule has 1 aliphatic heterocycles. The second-order valence-corrected chi connectivity index (χ2v) is 7.03. The number of aromatic nitrogens is 1. The number of hydrogen-bond acceptors (Lipinski definition) is 3. The maximum atomic E-state index is 12.8. The molecular formula is C20H25N3O2. The smallest absolute Gasteiger partial charge is 0.253 e. The molecular weight excluding hydrogens is 314 g/mol. The average Bonchev–Trinajstić information content (AvgIpc) is 3.38. The molecule has 1 saturated heterocycles. The van der Waals surface area contributed by atoms with Crippen molar-refractivity contribution in [2.75, 3.05) is 20.2 Å². The van der Waals surface area contributed by atoms with E-state index >= 15 is 0 Å². The molecule has 2 N–H and O–H groups in total. The van der Waals surface area contributed by atoms with Crippen molar-refractivity contribution in [3.05, 3.63) is 42.2 Å². The van der Waals surface area contributed by atoms with E-state index in [0.717, 1.165) is 48.8 Å². The van der Waals surface area contributed by atoms with Gasteiger partial charge in [-0.2, -0.15) is 0 Å². The van der Waals surface area contributed by atoms with Crippen molar-refractivity contribution in [3.63, 3.8) is 0 Å². The molecule has 2 aromatic rings. The van der Waals surface area contributed by atoms with Crippen LogP contribution in [0.1, 0.15) is 36.0 Å². The van der Waals surface area contributed by atoms with Gasteiger partial charge in [-0.05, 0) is 43.4 Å². The monoisotopic (exact) mass is 339 g/mol. The van der Waals surface area contributed by atoms with Crippen molar-refractivity contribution in [3.8, 4) is 16.9 Å². The zero-order valence-electron chi connectivity index (χ0n) is 14.6. The minimum atomic E-state index is 0.00365. The molecule has 1 amide bonds. The third-order valence-electron chi connectivity index (χ3n) is 5.30. The molecule has 132 valence electrons. The molecule has 4 rings (SSSR count). The summed E-state index contributed by atoms with van der Waals surface area (Å²) in [5.41, 5.74) is 2.58. The number of nitrogens with zero attached hydrogens (tertiary/aromatic N) is 1. The summed E-state index contributed by atoms with van der Waals surface area (Å²) >= 11 is 0. The number of piperidine rings is 1. The highest BCUT2D eigenvalue weighted by Crippen LogP contribution is 2.30. The summed E-state index contributed by atoms with van der Waals surface area (Å²) in [7, 11) is 1.65. The molecule has 2 aliphatic rings. The minimum absolute atomic E-state index is 0.00365. The third-order valence-corrected chi connectivity index (χ3v) is 5.30. The molecule has 0 unspecified atom stereocenters. The molecule has 5 heteroatoms. The van der Waals surface area contributed by atoms with E-state index in [0.29, 0.717) is 5.56 Å². The summed E-state index contributed by atoms with van der Waals surface area (Å²) in [5, 5.41) is 3.22. The first-order valence-electron chi connectivity index (χ1n) is 9.10. The zero-order chi connectivity index (χ0) is 17.2. The van der Waals surface area contributed by atoms with Crippen LogP contribution in [-0.4, -0.2) is 48.1 Å². The lowest BCUT2D eigenvalue weighted by molar-refractivity contribution is 0.0910. The van der Waals surface area contributed by atoms with Crippen molar-refractivity contribution in [2.45, 2.75) is 37.8 Å². The van der Waals surface area contributed by atoms with E-state index in [1.807, 2.05) is 30.5 Å². The van der Waals surface area contributed by atoms with E-state index in [4.69, 9.17) is 4.74 Å². The highest BCUT2D eigenvalue weighted by molar-refractivity contribution is 6.01. The SMILES string of the molecule is COc1cccc(-c2c[nH]cc2C(=O)NC2CCN(C3CC3)CC2)c1. The standard InChI is InChI=1S/C20H25N3O2/c1-25-17-4-2-3-14(11-17)18-12-21-13-19(18)20(24)22-15-7-9-23(10-8-15)16-5-6-16/h2-4,11-13,15-16,21H,5-10H2,1H3,(H,22,24). The predicted octanol–water partition coefficient (Wildman–Crippen LogP) is 3.05. The number of hydrogen-bond donors (Lipinski definition) is 2. The molecule has 0 atom stereocenters. The number of nitrogens with one attached hydrogen (secondary N) is 2. The number of likely N-dealkylation sites (tertiary alicyclic amines) is 1. The van der Waals surface area contributed by atoms with Gasteiger partial charge in [-0.1, -0.05) is 12.1 Å². The Labute approximate surface area is 148 Å². The van der Waals surface area contributed by atoms with Gasteiger partial charge >= 0.3 is 0 Å². The van der Waals surface area contributed by atoms with E-state index in [1.54, 1.807) is 13.3 Å². The first kappa shape index (κ1) is 16.2. The fourth-order valence-electron chi connectivity index (χ4n) is 3.69. The van der Waals surface area contributed by atoms with E-state index < -0.39 is 0 Å². The molecule has 25 heavy (non-hydrogen) atoms. The van der Waals surface area contributed by atoms with Gasteiger partial charge in [0.25, 0.3) is 5.91 Å². The molecule has 0 spiro atoms. The van der Waals surface area contributed by atoms with Gasteiger partial charge in [0.15, 0.2) is 0 Å². The molecule has 1 aromatic heterocycles. The summed E-state index contributed by atoms with van der Waals surface area (Å²) < 4.78 is 5.29. The van der Waals surface area contributed by atoms with Crippen LogP contribution in [0, 0.1) is 0 Å². The van der Waals surface area contributed by atoms with Crippen molar-refractivity contribution >= 4 is 5.91 Å². The number of methoxy groups -OCH3 is 1. The maximum Gasteiger partial charge on any atom is 0.253 e. The molecule has 0 radical (unpaired) electrons. The number of rotatable bonds is 5. The molecule has 0 bridgehead atoms. The largest absolute Gasteiger partial charge is 0.497 e. The number of amides is 1. The van der Waals surface area contributed by atoms with Crippen LogP contribution in [0.2, 0.25) is 0 Å². The summed E-state index contributed by atoms with van der Waals surface area (Å²) in [6, 6.07) is 8.89. The maximum absolute atomic E-state index is 12.8. The number of carbonyl (C=O) groups excluding carboxylic acids is 1. The molecule has 1 aromatic carbocycles.